The lowest BCUT2D eigenvalue weighted by Crippen LogP contribution is -2.36. The number of hydrogen-bond acceptors (Lipinski definition) is 6. The van der Waals surface area contributed by atoms with Gasteiger partial charge < -0.3 is 19.8 Å². The van der Waals surface area contributed by atoms with Gasteiger partial charge in [0.15, 0.2) is 0 Å². The van der Waals surface area contributed by atoms with E-state index in [0.717, 1.165) is 50.8 Å². The van der Waals surface area contributed by atoms with E-state index >= 15 is 0 Å². The van der Waals surface area contributed by atoms with Gasteiger partial charge in [-0.1, -0.05) is 29.2 Å². The summed E-state index contributed by atoms with van der Waals surface area (Å²) in [5.41, 5.74) is 0.348. The van der Waals surface area contributed by atoms with Crippen molar-refractivity contribution in [2.45, 2.75) is 50.4 Å². The molecule has 2 aliphatic rings. The predicted molar refractivity (Wildman–Crippen MR) is 120 cm³/mol. The van der Waals surface area contributed by atoms with Gasteiger partial charge in [0.1, 0.15) is 6.23 Å². The van der Waals surface area contributed by atoms with Gasteiger partial charge in [-0.2, -0.15) is 13.2 Å². The smallest absolute Gasteiger partial charge is 0.374 e. The first-order valence-electron chi connectivity index (χ1n) is 11.5. The zero-order valence-corrected chi connectivity index (χ0v) is 19.2. The first kappa shape index (κ1) is 24.3. The van der Waals surface area contributed by atoms with E-state index < -0.39 is 23.0 Å². The molecule has 0 amide bonds. The highest BCUT2D eigenvalue weighted by atomic mass is 35.5. The van der Waals surface area contributed by atoms with E-state index in [-0.39, 0.29) is 5.92 Å². The van der Waals surface area contributed by atoms with Crippen molar-refractivity contribution in [1.82, 2.24) is 15.0 Å². The molecule has 33 heavy (non-hydrogen) atoms. The van der Waals surface area contributed by atoms with Crippen LogP contribution in [0.4, 0.5) is 19.1 Å². The Hall–Kier alpha value is -1.81. The molecule has 3 heterocycles. The van der Waals surface area contributed by atoms with Gasteiger partial charge in [-0.15, -0.1) is 0 Å². The molecule has 6 nitrogen and oxygen atoms in total. The lowest BCUT2D eigenvalue weighted by atomic mass is 9.93. The predicted octanol–water partition coefficient (Wildman–Crippen LogP) is 5.12. The molecule has 4 rings (SSSR count). The number of nitrogens with one attached hydrogen (secondary N) is 1. The molecule has 1 atom stereocenters. The maximum atomic E-state index is 12.9. The molecule has 0 saturated carbocycles. The van der Waals surface area contributed by atoms with Crippen LogP contribution in [0.1, 0.15) is 61.1 Å². The van der Waals surface area contributed by atoms with Gasteiger partial charge in [0, 0.05) is 38.2 Å². The van der Waals surface area contributed by atoms with Crippen LogP contribution >= 0.6 is 11.6 Å². The second-order valence-corrected chi connectivity index (χ2v) is 9.27. The molecular weight excluding hydrogens is 457 g/mol. The number of anilines is 1. The highest BCUT2D eigenvalue weighted by Crippen LogP contribution is 2.37. The maximum Gasteiger partial charge on any atom is 0.417 e. The van der Waals surface area contributed by atoms with E-state index in [1.165, 1.54) is 31.4 Å². The Morgan fingerprint density at radius 2 is 1.85 bits per heavy atom. The van der Waals surface area contributed by atoms with E-state index in [2.05, 4.69) is 15.4 Å². The minimum Gasteiger partial charge on any atom is -0.374 e. The fraction of sp³-hybridized carbons (Fsp3) is 0.609. The van der Waals surface area contributed by atoms with Gasteiger partial charge in [0.2, 0.25) is 5.88 Å². The first-order chi connectivity index (χ1) is 15.8. The van der Waals surface area contributed by atoms with Gasteiger partial charge in [0.05, 0.1) is 16.3 Å². The number of aromatic nitrogens is 1. The van der Waals surface area contributed by atoms with Gasteiger partial charge in [0.25, 0.3) is 0 Å². The van der Waals surface area contributed by atoms with Crippen LogP contribution in [0.25, 0.3) is 0 Å². The number of aliphatic hydroxyl groups excluding tert-OH is 1. The monoisotopic (exact) mass is 486 g/mol. The Balaban J connectivity index is 1.26. The molecule has 1 aromatic carbocycles. The Bertz CT molecular complexity index is 909. The normalized spacial score (nSPS) is 20.2. The summed E-state index contributed by atoms with van der Waals surface area (Å²) in [5, 5.41) is 17.8. The van der Waals surface area contributed by atoms with E-state index in [1.54, 1.807) is 0 Å². The Morgan fingerprint density at radius 3 is 2.52 bits per heavy atom. The summed E-state index contributed by atoms with van der Waals surface area (Å²) >= 11 is 5.81. The molecule has 0 spiro atoms. The second-order valence-electron chi connectivity index (χ2n) is 8.87. The summed E-state index contributed by atoms with van der Waals surface area (Å²) in [5.74, 6) is 0.884. The van der Waals surface area contributed by atoms with E-state index in [9.17, 15) is 18.3 Å². The molecule has 2 aliphatic heterocycles. The molecule has 0 radical (unpaired) electrons. The minimum atomic E-state index is -4.52. The molecular formula is C23H30ClF3N4O2. The number of benzene rings is 1. The zero-order chi connectivity index (χ0) is 23.4. The summed E-state index contributed by atoms with van der Waals surface area (Å²) in [7, 11) is 0. The molecule has 1 aromatic heterocycles. The van der Waals surface area contributed by atoms with Gasteiger partial charge >= 0.3 is 6.18 Å². The average molecular weight is 487 g/mol. The third kappa shape index (κ3) is 6.20. The van der Waals surface area contributed by atoms with E-state index in [4.69, 9.17) is 16.1 Å². The number of halogens is 4. The van der Waals surface area contributed by atoms with Crippen LogP contribution in [0, 0.1) is 0 Å². The standard InChI is InChI=1S/C23H30ClF3N4O2/c24-19-14-17(4-5-18(19)23(25,26)27)22(32)31-11-6-16(7-12-31)20-15-21(33-29-20)28-8-13-30-9-2-1-3-10-30/h4-5,14-16,22,28,32H,1-3,6-13H2. The van der Waals surface area contributed by atoms with Crippen LogP contribution in [0.15, 0.2) is 28.8 Å². The van der Waals surface area contributed by atoms with Crippen LogP contribution in [0.3, 0.4) is 0 Å². The van der Waals surface area contributed by atoms with Crippen molar-refractivity contribution in [3.63, 3.8) is 0 Å². The summed E-state index contributed by atoms with van der Waals surface area (Å²) in [6.45, 7) is 5.30. The number of nitrogens with zero attached hydrogens (tertiary/aromatic N) is 3. The van der Waals surface area contributed by atoms with Crippen LogP contribution in [-0.4, -0.2) is 59.3 Å². The number of hydrogen-bond donors (Lipinski definition) is 2. The number of piperidine rings is 2. The number of rotatable bonds is 7. The first-order valence-corrected chi connectivity index (χ1v) is 11.9. The van der Waals surface area contributed by atoms with Gasteiger partial charge in [-0.3, -0.25) is 4.90 Å². The quantitative estimate of drug-likeness (QED) is 0.566. The number of likely N-dealkylation sites (tertiary alicyclic amines) is 2. The molecule has 0 bridgehead atoms. The largest absolute Gasteiger partial charge is 0.417 e. The summed E-state index contributed by atoms with van der Waals surface area (Å²) in [6.07, 6.45) is -0.121. The lowest BCUT2D eigenvalue weighted by Gasteiger charge is -2.34. The third-order valence-electron chi connectivity index (χ3n) is 6.59. The fourth-order valence-corrected chi connectivity index (χ4v) is 4.95. The molecule has 10 heteroatoms. The molecule has 0 aliphatic carbocycles. The SMILES string of the molecule is OC(c1ccc(C(F)(F)F)c(Cl)c1)N1CCC(c2cc(NCCN3CCCCC3)on2)CC1. The van der Waals surface area contributed by atoms with Crippen LogP contribution in [0.2, 0.25) is 5.02 Å². The molecule has 1 unspecified atom stereocenters. The van der Waals surface area contributed by atoms with Crippen LogP contribution < -0.4 is 5.32 Å². The third-order valence-corrected chi connectivity index (χ3v) is 6.91. The Morgan fingerprint density at radius 1 is 1.12 bits per heavy atom. The molecule has 2 fully saturated rings. The Labute approximate surface area is 196 Å². The molecule has 2 saturated heterocycles. The zero-order valence-electron chi connectivity index (χ0n) is 18.5. The van der Waals surface area contributed by atoms with E-state index in [1.807, 2.05) is 11.0 Å². The highest BCUT2D eigenvalue weighted by Gasteiger charge is 2.34. The van der Waals surface area contributed by atoms with Crippen molar-refractivity contribution in [3.05, 3.63) is 46.1 Å². The number of alkyl halides is 3. The summed E-state index contributed by atoms with van der Waals surface area (Å²) in [4.78, 5) is 4.30. The minimum absolute atomic E-state index is 0.214. The maximum absolute atomic E-state index is 12.9. The van der Waals surface area contributed by atoms with E-state index in [0.29, 0.717) is 24.5 Å². The summed E-state index contributed by atoms with van der Waals surface area (Å²) < 4.78 is 44.2. The second kappa shape index (κ2) is 10.6. The topological polar surface area (TPSA) is 64.8 Å². The Kier molecular flexibility index (Phi) is 7.83. The molecule has 2 N–H and O–H groups in total. The fourth-order valence-electron chi connectivity index (χ4n) is 4.66. The highest BCUT2D eigenvalue weighted by molar-refractivity contribution is 6.31. The van der Waals surface area contributed by atoms with Crippen molar-refractivity contribution >= 4 is 17.5 Å². The molecule has 182 valence electrons. The van der Waals surface area contributed by atoms with Crippen molar-refractivity contribution in [3.8, 4) is 0 Å². The van der Waals surface area contributed by atoms with Gasteiger partial charge in [-0.05, 0) is 56.5 Å². The average Bonchev–Trinajstić information content (AvgIpc) is 3.27. The van der Waals surface area contributed by atoms with Crippen LogP contribution in [-0.2, 0) is 6.18 Å². The van der Waals surface area contributed by atoms with Crippen molar-refractivity contribution in [2.24, 2.45) is 0 Å². The van der Waals surface area contributed by atoms with Crippen molar-refractivity contribution in [2.75, 3.05) is 44.6 Å². The summed E-state index contributed by atoms with van der Waals surface area (Å²) in [6, 6.07) is 5.34. The number of aliphatic hydroxyl groups is 1. The lowest BCUT2D eigenvalue weighted by molar-refractivity contribution is -0.137. The molecule has 2 aromatic rings. The van der Waals surface area contributed by atoms with Crippen molar-refractivity contribution in [1.29, 1.82) is 0 Å². The van der Waals surface area contributed by atoms with Gasteiger partial charge in [-0.25, -0.2) is 0 Å². The van der Waals surface area contributed by atoms with Crippen molar-refractivity contribution < 1.29 is 22.8 Å². The van der Waals surface area contributed by atoms with Crippen LogP contribution in [0.5, 0.6) is 0 Å².